The summed E-state index contributed by atoms with van der Waals surface area (Å²) in [6.45, 7) is 3.35. The highest BCUT2D eigenvalue weighted by Crippen LogP contribution is 2.38. The molecule has 2 fully saturated rings. The van der Waals surface area contributed by atoms with Crippen molar-refractivity contribution in [2.75, 3.05) is 26.1 Å². The standard InChI is InChI=1S/C15H22N2O5S2/c1-10(9-19-13-16-14(23-2)24-17-13)22-12(18)11-3-5-15(6-4-11)20-7-8-21-15/h10-11H,3-9H2,1-2H3. The molecule has 0 radical (unpaired) electrons. The van der Waals surface area contributed by atoms with Crippen molar-refractivity contribution >= 4 is 29.3 Å². The Kier molecular flexibility index (Phi) is 5.96. The number of nitrogens with zero attached hydrogens (tertiary/aromatic N) is 2. The molecule has 2 aliphatic rings. The average molecular weight is 374 g/mol. The van der Waals surface area contributed by atoms with Crippen molar-refractivity contribution in [3.05, 3.63) is 0 Å². The molecule has 1 spiro atoms. The van der Waals surface area contributed by atoms with Gasteiger partial charge in [-0.1, -0.05) is 11.8 Å². The van der Waals surface area contributed by atoms with Gasteiger partial charge in [0, 0.05) is 12.8 Å². The van der Waals surface area contributed by atoms with Gasteiger partial charge in [0.25, 0.3) is 0 Å². The van der Waals surface area contributed by atoms with Crippen LogP contribution in [0.25, 0.3) is 0 Å². The third-order valence-electron chi connectivity index (χ3n) is 4.22. The maximum absolute atomic E-state index is 12.3. The van der Waals surface area contributed by atoms with E-state index in [1.54, 1.807) is 0 Å². The Bertz CT molecular complexity index is 552. The number of carbonyl (C=O) groups excluding carboxylic acids is 1. The maximum Gasteiger partial charge on any atom is 0.329 e. The van der Waals surface area contributed by atoms with Crippen molar-refractivity contribution in [2.24, 2.45) is 5.92 Å². The third-order valence-corrected chi connectivity index (χ3v) is 5.88. The molecular weight excluding hydrogens is 352 g/mol. The number of ether oxygens (including phenoxy) is 4. The van der Waals surface area contributed by atoms with Crippen molar-refractivity contribution in [1.82, 2.24) is 9.36 Å². The zero-order valence-electron chi connectivity index (χ0n) is 13.9. The molecule has 1 aliphatic carbocycles. The van der Waals surface area contributed by atoms with Gasteiger partial charge in [-0.2, -0.15) is 4.98 Å². The summed E-state index contributed by atoms with van der Waals surface area (Å²) in [5.74, 6) is -0.710. The predicted octanol–water partition coefficient (Wildman–Crippen LogP) is 2.50. The van der Waals surface area contributed by atoms with Gasteiger partial charge >= 0.3 is 12.0 Å². The van der Waals surface area contributed by atoms with Crippen molar-refractivity contribution in [2.45, 2.75) is 48.8 Å². The quantitative estimate of drug-likeness (QED) is 0.555. The fourth-order valence-electron chi connectivity index (χ4n) is 2.94. The fraction of sp³-hybridized carbons (Fsp3) is 0.800. The van der Waals surface area contributed by atoms with Gasteiger partial charge in [-0.3, -0.25) is 4.79 Å². The average Bonchev–Trinajstić information content (AvgIpc) is 3.23. The van der Waals surface area contributed by atoms with Crippen LogP contribution in [0, 0.1) is 5.92 Å². The highest BCUT2D eigenvalue weighted by Gasteiger charge is 2.42. The van der Waals surface area contributed by atoms with E-state index in [2.05, 4.69) is 9.36 Å². The summed E-state index contributed by atoms with van der Waals surface area (Å²) in [5.41, 5.74) is 0. The van der Waals surface area contributed by atoms with Crippen LogP contribution in [0.4, 0.5) is 0 Å². The first-order valence-electron chi connectivity index (χ1n) is 8.09. The van der Waals surface area contributed by atoms with Gasteiger partial charge in [-0.15, -0.1) is 4.37 Å². The molecule has 0 aromatic carbocycles. The van der Waals surface area contributed by atoms with Crippen molar-refractivity contribution in [1.29, 1.82) is 0 Å². The second-order valence-corrected chi connectivity index (χ2v) is 7.79. The minimum Gasteiger partial charge on any atom is -0.459 e. The van der Waals surface area contributed by atoms with E-state index in [4.69, 9.17) is 18.9 Å². The minimum absolute atomic E-state index is 0.0913. The number of thioether (sulfide) groups is 1. The Morgan fingerprint density at radius 1 is 1.42 bits per heavy atom. The van der Waals surface area contributed by atoms with Crippen LogP contribution in [0.2, 0.25) is 0 Å². The van der Waals surface area contributed by atoms with E-state index in [0.29, 0.717) is 19.2 Å². The van der Waals surface area contributed by atoms with Crippen molar-refractivity contribution in [3.63, 3.8) is 0 Å². The summed E-state index contributed by atoms with van der Waals surface area (Å²) in [7, 11) is 0. The molecular formula is C15H22N2O5S2. The lowest BCUT2D eigenvalue weighted by atomic mass is 9.85. The number of carbonyl (C=O) groups is 1. The van der Waals surface area contributed by atoms with Crippen LogP contribution in [0.15, 0.2) is 4.34 Å². The molecule has 7 nitrogen and oxygen atoms in total. The summed E-state index contributed by atoms with van der Waals surface area (Å²) >= 11 is 2.81. The monoisotopic (exact) mass is 374 g/mol. The second-order valence-electron chi connectivity index (χ2n) is 5.99. The Balaban J connectivity index is 1.39. The highest BCUT2D eigenvalue weighted by atomic mass is 32.2. The van der Waals surface area contributed by atoms with Crippen LogP contribution in [-0.4, -0.2) is 53.3 Å². The molecule has 1 saturated carbocycles. The third kappa shape index (κ3) is 4.38. The number of esters is 1. The van der Waals surface area contributed by atoms with Crippen molar-refractivity contribution in [3.8, 4) is 6.01 Å². The Labute approximate surface area is 149 Å². The molecule has 0 N–H and O–H groups in total. The first-order valence-corrected chi connectivity index (χ1v) is 10.1. The molecule has 2 heterocycles. The van der Waals surface area contributed by atoms with Crippen LogP contribution >= 0.6 is 23.3 Å². The number of rotatable bonds is 6. The number of hydrogen-bond acceptors (Lipinski definition) is 9. The van der Waals surface area contributed by atoms with Crippen LogP contribution in [-0.2, 0) is 19.0 Å². The van der Waals surface area contributed by atoms with Gasteiger partial charge in [0.1, 0.15) is 12.7 Å². The Hall–Kier alpha value is -0.900. The summed E-state index contributed by atoms with van der Waals surface area (Å²) in [6.07, 6.45) is 4.56. The zero-order valence-corrected chi connectivity index (χ0v) is 15.5. The molecule has 1 aliphatic heterocycles. The lowest BCUT2D eigenvalue weighted by Crippen LogP contribution is -2.38. The SMILES string of the molecule is CSc1nc(OCC(C)OC(=O)C2CCC3(CC2)OCCO3)ns1. The van der Waals surface area contributed by atoms with E-state index in [-0.39, 0.29) is 24.6 Å². The molecule has 1 atom stereocenters. The first-order chi connectivity index (χ1) is 11.6. The van der Waals surface area contributed by atoms with Gasteiger partial charge in [0.05, 0.1) is 19.1 Å². The summed E-state index contributed by atoms with van der Waals surface area (Å²) in [4.78, 5) is 16.5. The van der Waals surface area contributed by atoms with Gasteiger partial charge in [-0.05, 0) is 37.6 Å². The Morgan fingerprint density at radius 3 is 2.75 bits per heavy atom. The zero-order chi connectivity index (χ0) is 17.0. The van der Waals surface area contributed by atoms with Crippen LogP contribution in [0.5, 0.6) is 6.01 Å². The van der Waals surface area contributed by atoms with Gasteiger partial charge in [-0.25, -0.2) is 0 Å². The van der Waals surface area contributed by atoms with E-state index in [0.717, 1.165) is 30.0 Å². The predicted molar refractivity (Wildman–Crippen MR) is 89.3 cm³/mol. The number of aromatic nitrogens is 2. The smallest absolute Gasteiger partial charge is 0.329 e. The molecule has 1 aromatic rings. The molecule has 0 bridgehead atoms. The molecule has 134 valence electrons. The van der Waals surface area contributed by atoms with E-state index >= 15 is 0 Å². The van der Waals surface area contributed by atoms with Crippen LogP contribution in [0.1, 0.15) is 32.6 Å². The van der Waals surface area contributed by atoms with E-state index in [1.165, 1.54) is 23.3 Å². The van der Waals surface area contributed by atoms with Gasteiger partial charge in [0.2, 0.25) is 0 Å². The second kappa shape index (κ2) is 7.99. The molecule has 1 aromatic heterocycles. The lowest BCUT2D eigenvalue weighted by Gasteiger charge is -2.34. The van der Waals surface area contributed by atoms with Crippen LogP contribution in [0.3, 0.4) is 0 Å². The maximum atomic E-state index is 12.3. The molecule has 0 amide bonds. The molecule has 3 rings (SSSR count). The Morgan fingerprint density at radius 2 is 2.12 bits per heavy atom. The first kappa shape index (κ1) is 17.9. The van der Waals surface area contributed by atoms with Gasteiger partial charge < -0.3 is 18.9 Å². The summed E-state index contributed by atoms with van der Waals surface area (Å²) < 4.78 is 27.3. The molecule has 9 heteroatoms. The molecule has 1 unspecified atom stereocenters. The minimum atomic E-state index is -0.448. The molecule has 24 heavy (non-hydrogen) atoms. The molecule has 1 saturated heterocycles. The summed E-state index contributed by atoms with van der Waals surface area (Å²) in [6, 6.07) is 0.336. The van der Waals surface area contributed by atoms with Crippen LogP contribution < -0.4 is 4.74 Å². The van der Waals surface area contributed by atoms with E-state index in [9.17, 15) is 4.79 Å². The van der Waals surface area contributed by atoms with Crippen molar-refractivity contribution < 1.29 is 23.7 Å². The van der Waals surface area contributed by atoms with E-state index in [1.807, 2.05) is 13.2 Å². The number of hydrogen-bond donors (Lipinski definition) is 0. The van der Waals surface area contributed by atoms with Gasteiger partial charge in [0.15, 0.2) is 10.1 Å². The normalized spacial score (nSPS) is 21.8. The van der Waals surface area contributed by atoms with E-state index < -0.39 is 5.79 Å². The fourth-order valence-corrected chi connectivity index (χ4v) is 3.89. The highest BCUT2D eigenvalue weighted by molar-refractivity contribution is 8.00. The topological polar surface area (TPSA) is 79.8 Å². The summed E-state index contributed by atoms with van der Waals surface area (Å²) in [5, 5.41) is 0. The largest absolute Gasteiger partial charge is 0.459 e. The lowest BCUT2D eigenvalue weighted by molar-refractivity contribution is -0.189.